The van der Waals surface area contributed by atoms with Gasteiger partial charge in [-0.15, -0.1) is 0 Å². The van der Waals surface area contributed by atoms with Gasteiger partial charge < -0.3 is 15.3 Å². The third-order valence-corrected chi connectivity index (χ3v) is 7.71. The first-order valence-electron chi connectivity index (χ1n) is 12.4. The molecule has 3 fully saturated rings. The van der Waals surface area contributed by atoms with E-state index < -0.39 is 11.4 Å². The number of piperidine rings is 1. The van der Waals surface area contributed by atoms with Crippen molar-refractivity contribution >= 4 is 5.97 Å². The Morgan fingerprint density at radius 2 is 1.55 bits per heavy atom. The van der Waals surface area contributed by atoms with Crippen LogP contribution < -0.4 is 5.32 Å². The Kier molecular flexibility index (Phi) is 7.82. The first kappa shape index (κ1) is 23.9. The molecule has 0 amide bonds. The summed E-state index contributed by atoms with van der Waals surface area (Å²) in [6.45, 7) is 3.63. The fraction of sp³-hybridized carbons (Fsp3) is 0.536. The highest BCUT2D eigenvalue weighted by molar-refractivity contribution is 5.76. The van der Waals surface area contributed by atoms with Crippen LogP contribution in [0.4, 0.5) is 4.39 Å². The van der Waals surface area contributed by atoms with Gasteiger partial charge in [0.1, 0.15) is 5.82 Å². The molecule has 178 valence electrons. The maximum atomic E-state index is 13.3. The molecular weight excluding hydrogens is 415 g/mol. The van der Waals surface area contributed by atoms with E-state index in [1.54, 1.807) is 12.1 Å². The van der Waals surface area contributed by atoms with Crippen molar-refractivity contribution in [2.45, 2.75) is 57.4 Å². The van der Waals surface area contributed by atoms with Crippen LogP contribution in [0.25, 0.3) is 0 Å². The molecule has 33 heavy (non-hydrogen) atoms. The average Bonchev–Trinajstić information content (AvgIpc) is 3.64. The van der Waals surface area contributed by atoms with Gasteiger partial charge in [0.2, 0.25) is 0 Å². The molecule has 2 aliphatic carbocycles. The Morgan fingerprint density at radius 3 is 2.00 bits per heavy atom. The van der Waals surface area contributed by atoms with Crippen LogP contribution >= 0.6 is 0 Å². The zero-order valence-corrected chi connectivity index (χ0v) is 19.5. The summed E-state index contributed by atoms with van der Waals surface area (Å²) in [7, 11) is 0. The number of benzene rings is 2. The zero-order chi connectivity index (χ0) is 23.2. The Hall–Kier alpha value is -2.24. The monoisotopic (exact) mass is 452 g/mol. The first-order chi connectivity index (χ1) is 16.0. The molecule has 1 aliphatic heterocycles. The highest BCUT2D eigenvalue weighted by atomic mass is 19.1. The number of rotatable bonds is 8. The topological polar surface area (TPSA) is 52.6 Å². The lowest BCUT2D eigenvalue weighted by atomic mass is 9.67. The highest BCUT2D eigenvalue weighted by Gasteiger charge is 2.46. The van der Waals surface area contributed by atoms with Crippen LogP contribution in [-0.2, 0) is 11.2 Å². The van der Waals surface area contributed by atoms with E-state index in [0.29, 0.717) is 12.6 Å². The molecule has 0 bridgehead atoms. The summed E-state index contributed by atoms with van der Waals surface area (Å²) in [6.07, 6.45) is 8.34. The zero-order valence-electron chi connectivity index (χ0n) is 19.5. The van der Waals surface area contributed by atoms with Crippen molar-refractivity contribution in [3.63, 3.8) is 0 Å². The molecule has 2 aromatic rings. The average molecular weight is 453 g/mol. The standard InChI is InChI=1S/C22H31FN2O2.C6H6/c23-18-4-2-17(3-5-18)14-21(15-24-19-6-7-19)10-12-25(13-11-21)16-22(20(26)27)8-1-9-22;1-2-4-6-5-3-1/h2-5,19,24H,1,6-16H2,(H,26,27);1-6H. The van der Waals surface area contributed by atoms with Crippen LogP contribution in [0, 0.1) is 16.6 Å². The molecule has 2 N–H and O–H groups in total. The van der Waals surface area contributed by atoms with Gasteiger partial charge in [-0.05, 0) is 81.1 Å². The summed E-state index contributed by atoms with van der Waals surface area (Å²) in [6, 6.07) is 19.6. The van der Waals surface area contributed by atoms with Gasteiger partial charge in [-0.25, -0.2) is 4.39 Å². The number of carboxylic acid groups (broad SMARTS) is 1. The van der Waals surface area contributed by atoms with Crippen molar-refractivity contribution in [2.24, 2.45) is 10.8 Å². The Bertz CT molecular complexity index is 844. The maximum absolute atomic E-state index is 13.3. The van der Waals surface area contributed by atoms with E-state index in [9.17, 15) is 14.3 Å². The summed E-state index contributed by atoms with van der Waals surface area (Å²) in [5.41, 5.74) is 0.888. The molecule has 0 aromatic heterocycles. The summed E-state index contributed by atoms with van der Waals surface area (Å²) in [5, 5.41) is 13.3. The van der Waals surface area contributed by atoms with E-state index in [4.69, 9.17) is 0 Å². The van der Waals surface area contributed by atoms with E-state index in [0.717, 1.165) is 58.2 Å². The SMILES string of the molecule is O=C(O)C1(CN2CCC(CNC3CC3)(Cc3ccc(F)cc3)CC2)CCC1.c1ccccc1. The van der Waals surface area contributed by atoms with Crippen LogP contribution in [0.5, 0.6) is 0 Å². The molecule has 0 radical (unpaired) electrons. The molecule has 2 saturated carbocycles. The largest absolute Gasteiger partial charge is 0.481 e. The van der Waals surface area contributed by atoms with Crippen LogP contribution in [0.15, 0.2) is 60.7 Å². The summed E-state index contributed by atoms with van der Waals surface area (Å²) in [5.74, 6) is -0.800. The van der Waals surface area contributed by atoms with Crippen molar-refractivity contribution in [2.75, 3.05) is 26.2 Å². The number of hydrogen-bond donors (Lipinski definition) is 2. The summed E-state index contributed by atoms with van der Waals surface area (Å²) >= 11 is 0. The van der Waals surface area contributed by atoms with Crippen LogP contribution in [0.2, 0.25) is 0 Å². The first-order valence-corrected chi connectivity index (χ1v) is 12.4. The van der Waals surface area contributed by atoms with Gasteiger partial charge in [0.05, 0.1) is 5.41 Å². The smallest absolute Gasteiger partial charge is 0.310 e. The minimum Gasteiger partial charge on any atom is -0.481 e. The van der Waals surface area contributed by atoms with Gasteiger partial charge >= 0.3 is 5.97 Å². The Morgan fingerprint density at radius 1 is 0.970 bits per heavy atom. The Labute approximate surface area is 197 Å². The predicted molar refractivity (Wildman–Crippen MR) is 130 cm³/mol. The molecule has 1 heterocycles. The minimum atomic E-state index is -0.618. The molecule has 5 rings (SSSR count). The molecule has 4 nitrogen and oxygen atoms in total. The molecule has 3 aliphatic rings. The number of carbonyl (C=O) groups is 1. The number of aliphatic carboxylic acids is 1. The Balaban J connectivity index is 0.000000376. The van der Waals surface area contributed by atoms with E-state index in [1.165, 1.54) is 18.4 Å². The second kappa shape index (κ2) is 10.8. The van der Waals surface area contributed by atoms with Gasteiger partial charge in [-0.2, -0.15) is 0 Å². The number of likely N-dealkylation sites (tertiary alicyclic amines) is 1. The third kappa shape index (κ3) is 6.64. The molecular formula is C28H37FN2O2. The van der Waals surface area contributed by atoms with Gasteiger partial charge in [0.25, 0.3) is 0 Å². The fourth-order valence-corrected chi connectivity index (χ4v) is 5.14. The molecule has 1 saturated heterocycles. The summed E-state index contributed by atoms with van der Waals surface area (Å²) in [4.78, 5) is 14.1. The van der Waals surface area contributed by atoms with Crippen molar-refractivity contribution in [1.29, 1.82) is 0 Å². The van der Waals surface area contributed by atoms with Crippen LogP contribution in [0.3, 0.4) is 0 Å². The van der Waals surface area contributed by atoms with Gasteiger partial charge in [-0.1, -0.05) is 55.0 Å². The minimum absolute atomic E-state index is 0.182. The van der Waals surface area contributed by atoms with Gasteiger partial charge in [0, 0.05) is 19.1 Å². The predicted octanol–water partition coefficient (Wildman–Crippen LogP) is 5.14. The van der Waals surface area contributed by atoms with E-state index >= 15 is 0 Å². The molecule has 0 atom stereocenters. The van der Waals surface area contributed by atoms with E-state index in [-0.39, 0.29) is 11.2 Å². The molecule has 0 unspecified atom stereocenters. The fourth-order valence-electron chi connectivity index (χ4n) is 5.14. The second-order valence-electron chi connectivity index (χ2n) is 10.3. The van der Waals surface area contributed by atoms with Gasteiger partial charge in [0.15, 0.2) is 0 Å². The number of nitrogens with one attached hydrogen (secondary N) is 1. The quantitative estimate of drug-likeness (QED) is 0.582. The van der Waals surface area contributed by atoms with Crippen molar-refractivity contribution in [3.8, 4) is 0 Å². The van der Waals surface area contributed by atoms with Gasteiger partial charge in [-0.3, -0.25) is 4.79 Å². The molecule has 5 heteroatoms. The lowest BCUT2D eigenvalue weighted by Gasteiger charge is -2.47. The van der Waals surface area contributed by atoms with Crippen molar-refractivity contribution in [3.05, 3.63) is 72.0 Å². The van der Waals surface area contributed by atoms with Crippen LogP contribution in [-0.4, -0.2) is 48.2 Å². The number of hydrogen-bond acceptors (Lipinski definition) is 3. The number of halogens is 1. The van der Waals surface area contributed by atoms with Crippen LogP contribution in [0.1, 0.15) is 50.5 Å². The normalized spacial score (nSPS) is 21.4. The second-order valence-corrected chi connectivity index (χ2v) is 10.3. The number of nitrogens with zero attached hydrogens (tertiary/aromatic N) is 1. The summed E-state index contributed by atoms with van der Waals surface area (Å²) < 4.78 is 13.3. The van der Waals surface area contributed by atoms with Crippen molar-refractivity contribution < 1.29 is 14.3 Å². The lowest BCUT2D eigenvalue weighted by molar-refractivity contribution is -0.156. The lowest BCUT2D eigenvalue weighted by Crippen LogP contribution is -2.52. The maximum Gasteiger partial charge on any atom is 0.310 e. The number of carboxylic acids is 1. The molecule has 2 aromatic carbocycles. The highest BCUT2D eigenvalue weighted by Crippen LogP contribution is 2.43. The molecule has 0 spiro atoms. The van der Waals surface area contributed by atoms with E-state index in [1.807, 2.05) is 48.5 Å². The third-order valence-electron chi connectivity index (χ3n) is 7.71. The van der Waals surface area contributed by atoms with E-state index in [2.05, 4.69) is 10.2 Å². The van der Waals surface area contributed by atoms with Crippen molar-refractivity contribution in [1.82, 2.24) is 10.2 Å².